The van der Waals surface area contributed by atoms with E-state index in [-0.39, 0.29) is 17.9 Å². The molecule has 6 nitrogen and oxygen atoms in total. The van der Waals surface area contributed by atoms with Gasteiger partial charge in [-0.05, 0) is 38.4 Å². The summed E-state index contributed by atoms with van der Waals surface area (Å²) in [6.07, 6.45) is 1.68. The third-order valence-electron chi connectivity index (χ3n) is 6.67. The second kappa shape index (κ2) is 8.21. The number of carboxylic acids is 1. The summed E-state index contributed by atoms with van der Waals surface area (Å²) in [4.78, 5) is 27.3. The minimum atomic E-state index is -1.24. The molecule has 2 N–H and O–H groups in total. The van der Waals surface area contributed by atoms with Crippen LogP contribution < -0.4 is 5.32 Å². The van der Waals surface area contributed by atoms with Crippen LogP contribution >= 0.6 is 0 Å². The minimum absolute atomic E-state index is 0.134. The van der Waals surface area contributed by atoms with Gasteiger partial charge in [-0.1, -0.05) is 44.2 Å². The minimum Gasteiger partial charge on any atom is -0.479 e. The number of aliphatic carboxylic acids is 1. The van der Waals surface area contributed by atoms with Crippen molar-refractivity contribution >= 4 is 11.9 Å². The van der Waals surface area contributed by atoms with Crippen LogP contribution in [0.5, 0.6) is 0 Å². The molecule has 2 fully saturated rings. The van der Waals surface area contributed by atoms with Crippen LogP contribution in [0.4, 0.5) is 0 Å². The summed E-state index contributed by atoms with van der Waals surface area (Å²) in [6, 6.07) is 10.3. The van der Waals surface area contributed by atoms with Crippen LogP contribution in [0.15, 0.2) is 30.3 Å². The highest BCUT2D eigenvalue weighted by atomic mass is 16.5. The lowest BCUT2D eigenvalue weighted by atomic mass is 9.54. The van der Waals surface area contributed by atoms with Gasteiger partial charge >= 0.3 is 5.97 Å². The Labute approximate surface area is 167 Å². The maximum absolute atomic E-state index is 12.9. The van der Waals surface area contributed by atoms with E-state index < -0.39 is 16.9 Å². The van der Waals surface area contributed by atoms with Gasteiger partial charge in [-0.25, -0.2) is 4.79 Å². The normalized spacial score (nSPS) is 27.8. The lowest BCUT2D eigenvalue weighted by Crippen LogP contribution is -2.76. The summed E-state index contributed by atoms with van der Waals surface area (Å²) < 4.78 is 5.67. The van der Waals surface area contributed by atoms with E-state index in [1.807, 2.05) is 39.0 Å². The van der Waals surface area contributed by atoms with Gasteiger partial charge < -0.3 is 15.2 Å². The molecule has 1 saturated heterocycles. The van der Waals surface area contributed by atoms with Gasteiger partial charge in [0.25, 0.3) is 0 Å². The Morgan fingerprint density at radius 2 is 1.86 bits per heavy atom. The van der Waals surface area contributed by atoms with Gasteiger partial charge in [-0.15, -0.1) is 0 Å². The molecule has 1 amide bonds. The smallest absolute Gasteiger partial charge is 0.330 e. The fourth-order valence-corrected chi connectivity index (χ4v) is 4.54. The van der Waals surface area contributed by atoms with Crippen LogP contribution in [0.3, 0.4) is 0 Å². The highest BCUT2D eigenvalue weighted by Crippen LogP contribution is 2.51. The van der Waals surface area contributed by atoms with Crippen molar-refractivity contribution in [2.45, 2.75) is 58.2 Å². The predicted octanol–water partition coefficient (Wildman–Crippen LogP) is 2.67. The Hall–Kier alpha value is -1.92. The third-order valence-corrected chi connectivity index (χ3v) is 6.67. The Balaban J connectivity index is 1.57. The number of likely N-dealkylation sites (tertiary alicyclic amines) is 1. The second-order valence-electron chi connectivity index (χ2n) is 8.61. The molecule has 0 spiro atoms. The van der Waals surface area contributed by atoms with Crippen molar-refractivity contribution in [1.29, 1.82) is 0 Å². The summed E-state index contributed by atoms with van der Waals surface area (Å²) in [7, 11) is 0. The van der Waals surface area contributed by atoms with Crippen LogP contribution in [0.2, 0.25) is 0 Å². The van der Waals surface area contributed by atoms with E-state index in [9.17, 15) is 14.7 Å². The zero-order valence-corrected chi connectivity index (χ0v) is 17.1. The molecule has 0 bridgehead atoms. The van der Waals surface area contributed by atoms with Gasteiger partial charge in [-0.3, -0.25) is 9.69 Å². The van der Waals surface area contributed by atoms with E-state index in [0.29, 0.717) is 13.0 Å². The quantitative estimate of drug-likeness (QED) is 0.751. The summed E-state index contributed by atoms with van der Waals surface area (Å²) in [5.74, 6) is -1.24. The SMILES string of the molecule is CCOC1CC(NC(=O)C2CCN(Cc3ccccc3)CC2)(C(=O)O)C1(C)C. The van der Waals surface area contributed by atoms with Gasteiger partial charge in [0.15, 0.2) is 0 Å². The molecule has 28 heavy (non-hydrogen) atoms. The number of nitrogens with zero attached hydrogens (tertiary/aromatic N) is 1. The maximum atomic E-state index is 12.9. The highest BCUT2D eigenvalue weighted by Gasteiger charge is 2.66. The van der Waals surface area contributed by atoms with Gasteiger partial charge in [0.2, 0.25) is 5.91 Å². The summed E-state index contributed by atoms with van der Waals surface area (Å²) in [5.41, 5.74) is -0.614. The zero-order chi connectivity index (χ0) is 20.4. The standard InChI is InChI=1S/C22H32N2O4/c1-4-28-18-14-22(20(26)27,21(18,2)3)23-19(25)17-10-12-24(13-11-17)15-16-8-6-5-7-9-16/h5-9,17-18H,4,10-15H2,1-3H3,(H,23,25)(H,26,27). The molecular weight excluding hydrogens is 356 g/mol. The van der Waals surface area contributed by atoms with E-state index >= 15 is 0 Å². The molecule has 2 atom stereocenters. The Kier molecular flexibility index (Phi) is 6.10. The zero-order valence-electron chi connectivity index (χ0n) is 17.1. The number of carboxylic acid groups (broad SMARTS) is 1. The number of benzene rings is 1. The van der Waals surface area contributed by atoms with Crippen LogP contribution in [0.1, 0.15) is 45.6 Å². The van der Waals surface area contributed by atoms with Gasteiger partial charge in [-0.2, -0.15) is 0 Å². The number of hydrogen-bond acceptors (Lipinski definition) is 4. The first-order valence-electron chi connectivity index (χ1n) is 10.2. The fraction of sp³-hybridized carbons (Fsp3) is 0.636. The van der Waals surface area contributed by atoms with Crippen molar-refractivity contribution in [3.63, 3.8) is 0 Å². The number of ether oxygens (including phenoxy) is 1. The molecule has 1 aromatic carbocycles. The third kappa shape index (κ3) is 3.80. The fourth-order valence-electron chi connectivity index (χ4n) is 4.54. The van der Waals surface area contributed by atoms with Crippen molar-refractivity contribution < 1.29 is 19.4 Å². The molecule has 1 aliphatic heterocycles. The number of nitrogens with one attached hydrogen (secondary N) is 1. The predicted molar refractivity (Wildman–Crippen MR) is 107 cm³/mol. The molecule has 154 valence electrons. The van der Waals surface area contributed by atoms with Crippen molar-refractivity contribution in [3.8, 4) is 0 Å². The average Bonchev–Trinajstić information content (AvgIpc) is 2.68. The van der Waals surface area contributed by atoms with E-state index in [1.54, 1.807) is 0 Å². The molecule has 3 rings (SSSR count). The first-order valence-corrected chi connectivity index (χ1v) is 10.2. The lowest BCUT2D eigenvalue weighted by Gasteiger charge is -2.58. The summed E-state index contributed by atoms with van der Waals surface area (Å²) in [6.45, 7) is 8.75. The highest BCUT2D eigenvalue weighted by molar-refractivity contribution is 5.90. The topological polar surface area (TPSA) is 78.9 Å². The summed E-state index contributed by atoms with van der Waals surface area (Å²) in [5, 5.41) is 12.8. The molecule has 1 aromatic rings. The molecule has 1 saturated carbocycles. The monoisotopic (exact) mass is 388 g/mol. The van der Waals surface area contributed by atoms with Crippen LogP contribution in [-0.2, 0) is 20.9 Å². The van der Waals surface area contributed by atoms with Gasteiger partial charge in [0.1, 0.15) is 5.54 Å². The molecular formula is C22H32N2O4. The largest absolute Gasteiger partial charge is 0.479 e. The Morgan fingerprint density at radius 1 is 1.21 bits per heavy atom. The number of rotatable bonds is 7. The van der Waals surface area contributed by atoms with Crippen molar-refractivity contribution in [2.24, 2.45) is 11.3 Å². The second-order valence-corrected chi connectivity index (χ2v) is 8.61. The van der Waals surface area contributed by atoms with Crippen molar-refractivity contribution in [1.82, 2.24) is 10.2 Å². The Morgan fingerprint density at radius 3 is 2.39 bits per heavy atom. The van der Waals surface area contributed by atoms with Crippen molar-refractivity contribution in [2.75, 3.05) is 19.7 Å². The lowest BCUT2D eigenvalue weighted by molar-refractivity contribution is -0.195. The number of hydrogen-bond donors (Lipinski definition) is 2. The van der Waals surface area contributed by atoms with E-state index in [2.05, 4.69) is 22.3 Å². The van der Waals surface area contributed by atoms with E-state index in [4.69, 9.17) is 4.74 Å². The van der Waals surface area contributed by atoms with Crippen LogP contribution in [0.25, 0.3) is 0 Å². The number of carbonyl (C=O) groups excluding carboxylic acids is 1. The molecule has 2 aliphatic rings. The Bertz CT molecular complexity index is 698. The van der Waals surface area contributed by atoms with Gasteiger partial charge in [0, 0.05) is 30.9 Å². The van der Waals surface area contributed by atoms with Crippen molar-refractivity contribution in [3.05, 3.63) is 35.9 Å². The van der Waals surface area contributed by atoms with E-state index in [1.165, 1.54) is 5.56 Å². The molecule has 1 heterocycles. The molecule has 6 heteroatoms. The molecule has 0 aromatic heterocycles. The molecule has 0 radical (unpaired) electrons. The molecule has 2 unspecified atom stereocenters. The number of carbonyl (C=O) groups is 2. The average molecular weight is 389 g/mol. The maximum Gasteiger partial charge on any atom is 0.330 e. The van der Waals surface area contributed by atoms with Crippen LogP contribution in [-0.4, -0.2) is 53.2 Å². The summed E-state index contributed by atoms with van der Waals surface area (Å²) >= 11 is 0. The van der Waals surface area contributed by atoms with E-state index in [0.717, 1.165) is 32.5 Å². The van der Waals surface area contributed by atoms with Gasteiger partial charge in [0.05, 0.1) is 6.10 Å². The first-order chi connectivity index (χ1) is 13.3. The number of piperidine rings is 1. The first kappa shape index (κ1) is 20.8. The molecule has 1 aliphatic carbocycles. The number of amides is 1. The van der Waals surface area contributed by atoms with Crippen LogP contribution in [0, 0.1) is 11.3 Å².